The fourth-order valence-corrected chi connectivity index (χ4v) is 2.43. The molecule has 0 unspecified atom stereocenters. The molecule has 94 valence electrons. The van der Waals surface area contributed by atoms with E-state index in [4.69, 9.17) is 0 Å². The second-order valence-electron chi connectivity index (χ2n) is 4.19. The van der Waals surface area contributed by atoms with Crippen LogP contribution in [0.1, 0.15) is 0 Å². The minimum atomic E-state index is 1.03. The van der Waals surface area contributed by atoms with Gasteiger partial charge in [0.05, 0.1) is 11.4 Å². The lowest BCUT2D eigenvalue weighted by Crippen LogP contribution is -1.98. The van der Waals surface area contributed by atoms with Crippen LogP contribution in [0.2, 0.25) is 0 Å². The fourth-order valence-electron chi connectivity index (χ4n) is 2.04. The Labute approximate surface area is 117 Å². The third-order valence-corrected chi connectivity index (χ3v) is 3.58. The predicted octanol–water partition coefficient (Wildman–Crippen LogP) is 4.26. The van der Waals surface area contributed by atoms with Crippen LogP contribution in [0, 0.1) is 0 Å². The highest BCUT2D eigenvalue weighted by Gasteiger charge is 2.10. The number of aromatic nitrogens is 2. The molecule has 1 heterocycles. The highest BCUT2D eigenvalue weighted by molar-refractivity contribution is 7.98. The Bertz CT molecular complexity index is 603. The van der Waals surface area contributed by atoms with Gasteiger partial charge in [-0.25, -0.2) is 4.68 Å². The lowest BCUT2D eigenvalue weighted by molar-refractivity contribution is 0.844. The van der Waals surface area contributed by atoms with E-state index in [1.54, 1.807) is 11.8 Å². The van der Waals surface area contributed by atoms with Gasteiger partial charge >= 0.3 is 0 Å². The minimum Gasteiger partial charge on any atom is -0.232 e. The van der Waals surface area contributed by atoms with Crippen LogP contribution in [0.15, 0.2) is 71.8 Å². The zero-order chi connectivity index (χ0) is 13.1. The van der Waals surface area contributed by atoms with Crippen molar-refractivity contribution in [3.8, 4) is 16.9 Å². The highest BCUT2D eigenvalue weighted by atomic mass is 32.2. The van der Waals surface area contributed by atoms with Gasteiger partial charge in [0.1, 0.15) is 5.03 Å². The Morgan fingerprint density at radius 2 is 1.53 bits per heavy atom. The average molecular weight is 266 g/mol. The molecule has 0 fully saturated rings. The molecule has 0 bridgehead atoms. The standard InChI is InChI=1S/C16H14N2S/c1-19-16-12-15(13-8-4-2-5-9-13)18(17-16)14-10-6-3-7-11-14/h2-12H,1H3. The van der Waals surface area contributed by atoms with Crippen LogP contribution in [0.4, 0.5) is 0 Å². The molecule has 3 heteroatoms. The summed E-state index contributed by atoms with van der Waals surface area (Å²) in [5.74, 6) is 0. The Balaban J connectivity index is 2.17. The third-order valence-electron chi connectivity index (χ3n) is 2.97. The van der Waals surface area contributed by atoms with Crippen molar-refractivity contribution in [2.75, 3.05) is 6.26 Å². The molecule has 0 N–H and O–H groups in total. The minimum absolute atomic E-state index is 1.03. The molecular weight excluding hydrogens is 252 g/mol. The van der Waals surface area contributed by atoms with Gasteiger partial charge in [-0.3, -0.25) is 0 Å². The van der Waals surface area contributed by atoms with E-state index in [1.807, 2.05) is 35.2 Å². The summed E-state index contributed by atoms with van der Waals surface area (Å²) < 4.78 is 2.00. The van der Waals surface area contributed by atoms with E-state index in [0.29, 0.717) is 0 Å². The Morgan fingerprint density at radius 3 is 2.16 bits per heavy atom. The van der Waals surface area contributed by atoms with Crippen LogP contribution in [-0.2, 0) is 0 Å². The summed E-state index contributed by atoms with van der Waals surface area (Å²) in [6, 6.07) is 22.7. The Morgan fingerprint density at radius 1 is 0.895 bits per heavy atom. The molecular formula is C16H14N2S. The van der Waals surface area contributed by atoms with Gasteiger partial charge in [-0.15, -0.1) is 11.8 Å². The van der Waals surface area contributed by atoms with Crippen LogP contribution in [0.3, 0.4) is 0 Å². The maximum Gasteiger partial charge on any atom is 0.119 e. The first kappa shape index (κ1) is 12.1. The van der Waals surface area contributed by atoms with Gasteiger partial charge in [0.2, 0.25) is 0 Å². The van der Waals surface area contributed by atoms with E-state index in [0.717, 1.165) is 16.4 Å². The molecule has 0 aliphatic heterocycles. The van der Waals surface area contributed by atoms with E-state index >= 15 is 0 Å². The van der Waals surface area contributed by atoms with Crippen LogP contribution in [0.25, 0.3) is 16.9 Å². The second-order valence-corrected chi connectivity index (χ2v) is 5.01. The molecule has 0 radical (unpaired) electrons. The first-order valence-electron chi connectivity index (χ1n) is 6.13. The lowest BCUT2D eigenvalue weighted by atomic mass is 10.1. The lowest BCUT2D eigenvalue weighted by Gasteiger charge is -2.06. The van der Waals surface area contributed by atoms with E-state index in [-0.39, 0.29) is 0 Å². The fraction of sp³-hybridized carbons (Fsp3) is 0.0625. The zero-order valence-electron chi connectivity index (χ0n) is 10.7. The zero-order valence-corrected chi connectivity index (χ0v) is 11.5. The van der Waals surface area contributed by atoms with Crippen molar-refractivity contribution in [2.24, 2.45) is 0 Å². The number of benzene rings is 2. The summed E-state index contributed by atoms with van der Waals surface area (Å²) >= 11 is 1.66. The van der Waals surface area contributed by atoms with Gasteiger partial charge in [-0.05, 0) is 24.5 Å². The SMILES string of the molecule is CSc1cc(-c2ccccc2)n(-c2ccccc2)n1. The maximum atomic E-state index is 4.65. The highest BCUT2D eigenvalue weighted by Crippen LogP contribution is 2.26. The number of thioether (sulfide) groups is 1. The summed E-state index contributed by atoms with van der Waals surface area (Å²) in [4.78, 5) is 0. The van der Waals surface area contributed by atoms with Crippen molar-refractivity contribution in [3.63, 3.8) is 0 Å². The number of hydrogen-bond donors (Lipinski definition) is 0. The van der Waals surface area contributed by atoms with Gasteiger partial charge in [-0.1, -0.05) is 48.5 Å². The normalized spacial score (nSPS) is 10.6. The Hall–Kier alpha value is -2.00. The van der Waals surface area contributed by atoms with Crippen molar-refractivity contribution >= 4 is 11.8 Å². The van der Waals surface area contributed by atoms with Gasteiger partial charge in [-0.2, -0.15) is 5.10 Å². The molecule has 1 aromatic heterocycles. The van der Waals surface area contributed by atoms with Crippen molar-refractivity contribution in [1.82, 2.24) is 9.78 Å². The van der Waals surface area contributed by atoms with Crippen LogP contribution in [-0.4, -0.2) is 16.0 Å². The number of para-hydroxylation sites is 1. The quantitative estimate of drug-likeness (QED) is 0.659. The first-order chi connectivity index (χ1) is 9.38. The molecule has 0 aliphatic rings. The maximum absolute atomic E-state index is 4.65. The molecule has 19 heavy (non-hydrogen) atoms. The average Bonchev–Trinajstić information content (AvgIpc) is 2.93. The van der Waals surface area contributed by atoms with Gasteiger partial charge in [0.15, 0.2) is 0 Å². The molecule has 0 saturated carbocycles. The van der Waals surface area contributed by atoms with Gasteiger partial charge in [0.25, 0.3) is 0 Å². The van der Waals surface area contributed by atoms with E-state index in [9.17, 15) is 0 Å². The van der Waals surface area contributed by atoms with E-state index < -0.39 is 0 Å². The molecule has 0 spiro atoms. The van der Waals surface area contributed by atoms with Crippen LogP contribution < -0.4 is 0 Å². The molecule has 3 rings (SSSR count). The monoisotopic (exact) mass is 266 g/mol. The smallest absolute Gasteiger partial charge is 0.119 e. The molecule has 3 aromatic rings. The molecule has 0 saturated heterocycles. The molecule has 2 nitrogen and oxygen atoms in total. The number of hydrogen-bond acceptors (Lipinski definition) is 2. The molecule has 0 aliphatic carbocycles. The van der Waals surface area contributed by atoms with Crippen molar-refractivity contribution in [3.05, 3.63) is 66.7 Å². The number of nitrogens with zero attached hydrogens (tertiary/aromatic N) is 2. The van der Waals surface area contributed by atoms with Gasteiger partial charge in [0, 0.05) is 5.56 Å². The first-order valence-corrected chi connectivity index (χ1v) is 7.36. The molecule has 0 amide bonds. The van der Waals surface area contributed by atoms with Crippen molar-refractivity contribution in [2.45, 2.75) is 5.03 Å². The summed E-state index contributed by atoms with van der Waals surface area (Å²) in [5.41, 5.74) is 3.39. The summed E-state index contributed by atoms with van der Waals surface area (Å²) in [5, 5.41) is 5.69. The van der Waals surface area contributed by atoms with Crippen LogP contribution in [0.5, 0.6) is 0 Å². The summed E-state index contributed by atoms with van der Waals surface area (Å²) in [7, 11) is 0. The van der Waals surface area contributed by atoms with E-state index in [2.05, 4.69) is 47.6 Å². The summed E-state index contributed by atoms with van der Waals surface area (Å²) in [6.07, 6.45) is 2.05. The topological polar surface area (TPSA) is 17.8 Å². The van der Waals surface area contributed by atoms with Crippen molar-refractivity contribution < 1.29 is 0 Å². The van der Waals surface area contributed by atoms with Crippen molar-refractivity contribution in [1.29, 1.82) is 0 Å². The Kier molecular flexibility index (Phi) is 3.38. The van der Waals surface area contributed by atoms with Crippen LogP contribution >= 0.6 is 11.8 Å². The third kappa shape index (κ3) is 2.42. The summed E-state index contributed by atoms with van der Waals surface area (Å²) in [6.45, 7) is 0. The molecule has 2 aromatic carbocycles. The number of rotatable bonds is 3. The second kappa shape index (κ2) is 5.33. The predicted molar refractivity (Wildman–Crippen MR) is 80.8 cm³/mol. The molecule has 0 atom stereocenters. The van der Waals surface area contributed by atoms with E-state index in [1.165, 1.54) is 5.56 Å². The van der Waals surface area contributed by atoms with Gasteiger partial charge < -0.3 is 0 Å². The largest absolute Gasteiger partial charge is 0.232 e.